The van der Waals surface area contributed by atoms with Gasteiger partial charge >= 0.3 is 11.9 Å². The molecule has 0 saturated heterocycles. The highest BCUT2D eigenvalue weighted by Crippen LogP contribution is 2.27. The van der Waals surface area contributed by atoms with E-state index in [0.717, 1.165) is 10.6 Å². The largest absolute Gasteiger partial charge is 0.481 e. The Morgan fingerprint density at radius 3 is 2.64 bits per heavy atom. The van der Waals surface area contributed by atoms with Crippen LogP contribution >= 0.6 is 11.3 Å². The Bertz CT molecular complexity index is 1250. The van der Waals surface area contributed by atoms with Crippen molar-refractivity contribution in [2.45, 2.75) is 38.8 Å². The van der Waals surface area contributed by atoms with Crippen molar-refractivity contribution in [2.24, 2.45) is 0 Å². The second-order valence-electron chi connectivity index (χ2n) is 7.51. The molecule has 1 aromatic carbocycles. The first-order chi connectivity index (χ1) is 15.7. The Morgan fingerprint density at radius 1 is 1.21 bits per heavy atom. The van der Waals surface area contributed by atoms with E-state index in [4.69, 9.17) is 5.11 Å². The van der Waals surface area contributed by atoms with Crippen molar-refractivity contribution in [3.63, 3.8) is 0 Å². The van der Waals surface area contributed by atoms with Crippen molar-refractivity contribution in [3.05, 3.63) is 57.0 Å². The number of aromatic nitrogens is 2. The summed E-state index contributed by atoms with van der Waals surface area (Å²) in [6.45, 7) is 2.39. The van der Waals surface area contributed by atoms with Gasteiger partial charge < -0.3 is 25.4 Å². The molecule has 4 N–H and O–H groups in total. The maximum atomic E-state index is 12.5. The topological polar surface area (TPSA) is 153 Å². The van der Waals surface area contributed by atoms with Gasteiger partial charge in [-0.2, -0.15) is 0 Å². The third-order valence-electron chi connectivity index (χ3n) is 5.02. The number of rotatable bonds is 10. The molecule has 0 aliphatic carbocycles. The molecule has 1 amide bonds. The lowest BCUT2D eigenvalue weighted by atomic mass is 10.1. The Kier molecular flexibility index (Phi) is 7.44. The fourth-order valence-electron chi connectivity index (χ4n) is 3.26. The summed E-state index contributed by atoms with van der Waals surface area (Å²) >= 11 is 1.18. The van der Waals surface area contributed by atoms with Gasteiger partial charge in [-0.3, -0.25) is 14.4 Å². The average molecular weight is 473 g/mol. The van der Waals surface area contributed by atoms with Gasteiger partial charge in [0.25, 0.3) is 11.5 Å². The highest BCUT2D eigenvalue weighted by atomic mass is 32.1. The number of fused-ring (bicyclic) bond motifs is 1. The molecular weight excluding hydrogens is 448 g/mol. The number of aryl methyl sites for hydroxylation is 1. The molecule has 0 spiro atoms. The van der Waals surface area contributed by atoms with E-state index < -0.39 is 23.9 Å². The number of nitrogens with one attached hydrogen (secondary N) is 2. The van der Waals surface area contributed by atoms with Gasteiger partial charge in [0.05, 0.1) is 20.8 Å². The first kappa shape index (κ1) is 23.9. The van der Waals surface area contributed by atoms with Crippen molar-refractivity contribution < 1.29 is 24.6 Å². The van der Waals surface area contributed by atoms with Crippen LogP contribution in [0.3, 0.4) is 0 Å². The number of hydrogen-bond acceptors (Lipinski definition) is 7. The minimum Gasteiger partial charge on any atom is -0.481 e. The highest BCUT2D eigenvalue weighted by molar-refractivity contribution is 7.17. The maximum absolute atomic E-state index is 12.5. The van der Waals surface area contributed by atoms with Gasteiger partial charge in [0.1, 0.15) is 11.9 Å². The summed E-state index contributed by atoms with van der Waals surface area (Å²) in [7, 11) is 1.84. The summed E-state index contributed by atoms with van der Waals surface area (Å²) in [5.74, 6) is -2.36. The molecule has 0 unspecified atom stereocenters. The van der Waals surface area contributed by atoms with Gasteiger partial charge in [0, 0.05) is 26.4 Å². The zero-order valence-electron chi connectivity index (χ0n) is 18.1. The maximum Gasteiger partial charge on any atom is 0.326 e. The minimum absolute atomic E-state index is 0.188. The monoisotopic (exact) mass is 472 g/mol. The summed E-state index contributed by atoms with van der Waals surface area (Å²) < 4.78 is 0. The van der Waals surface area contributed by atoms with Crippen LogP contribution in [-0.2, 0) is 22.6 Å². The van der Waals surface area contributed by atoms with E-state index in [0.29, 0.717) is 34.6 Å². The third kappa shape index (κ3) is 5.95. The van der Waals surface area contributed by atoms with Crippen LogP contribution in [0.4, 0.5) is 5.00 Å². The van der Waals surface area contributed by atoms with E-state index in [1.54, 1.807) is 18.2 Å². The lowest BCUT2D eigenvalue weighted by Gasteiger charge is -2.17. The van der Waals surface area contributed by atoms with Crippen LogP contribution in [0.5, 0.6) is 0 Å². The number of aromatic amines is 1. The summed E-state index contributed by atoms with van der Waals surface area (Å²) in [6, 6.07) is 7.54. The Balaban J connectivity index is 1.70. The zero-order chi connectivity index (χ0) is 24.1. The third-order valence-corrected chi connectivity index (χ3v) is 6.21. The van der Waals surface area contributed by atoms with Gasteiger partial charge in [-0.05, 0) is 36.2 Å². The van der Waals surface area contributed by atoms with Crippen LogP contribution in [0.1, 0.15) is 40.8 Å². The number of nitrogens with zero attached hydrogens (tertiary/aromatic N) is 2. The van der Waals surface area contributed by atoms with E-state index in [-0.39, 0.29) is 18.4 Å². The second-order valence-corrected chi connectivity index (χ2v) is 8.57. The Labute approximate surface area is 192 Å². The van der Waals surface area contributed by atoms with E-state index >= 15 is 0 Å². The van der Waals surface area contributed by atoms with Gasteiger partial charge in [-0.15, -0.1) is 11.3 Å². The number of benzene rings is 1. The van der Waals surface area contributed by atoms with Crippen LogP contribution < -0.4 is 15.8 Å². The van der Waals surface area contributed by atoms with Crippen LogP contribution in [0.2, 0.25) is 0 Å². The lowest BCUT2D eigenvalue weighted by Crippen LogP contribution is -2.40. The predicted octanol–water partition coefficient (Wildman–Crippen LogP) is 2.23. The molecule has 2 aromatic heterocycles. The number of carbonyl (C=O) groups is 3. The molecule has 0 saturated carbocycles. The summed E-state index contributed by atoms with van der Waals surface area (Å²) in [5.41, 5.74) is 1.33. The number of H-pyrrole nitrogens is 1. The van der Waals surface area contributed by atoms with Crippen molar-refractivity contribution in [1.29, 1.82) is 0 Å². The van der Waals surface area contributed by atoms with Crippen LogP contribution in [0.25, 0.3) is 10.9 Å². The molecular formula is C22H24N4O6S. The molecule has 0 bridgehead atoms. The van der Waals surface area contributed by atoms with Crippen LogP contribution in [-0.4, -0.2) is 51.1 Å². The number of aliphatic carboxylic acids is 2. The molecule has 3 rings (SSSR count). The Morgan fingerprint density at radius 2 is 1.97 bits per heavy atom. The fraction of sp³-hybridized carbons (Fsp3) is 0.318. The number of carbonyl (C=O) groups excluding carboxylic acids is 1. The van der Waals surface area contributed by atoms with E-state index in [1.807, 2.05) is 31.0 Å². The molecule has 0 aliphatic heterocycles. The van der Waals surface area contributed by atoms with Crippen molar-refractivity contribution >= 4 is 45.1 Å². The molecule has 0 radical (unpaired) electrons. The van der Waals surface area contributed by atoms with Gasteiger partial charge in [-0.25, -0.2) is 9.78 Å². The number of carboxylic acids is 2. The summed E-state index contributed by atoms with van der Waals surface area (Å²) in [4.78, 5) is 56.2. The first-order valence-corrected chi connectivity index (χ1v) is 11.1. The second kappa shape index (κ2) is 10.3. The normalized spacial score (nSPS) is 11.8. The molecule has 33 heavy (non-hydrogen) atoms. The lowest BCUT2D eigenvalue weighted by molar-refractivity contribution is -0.140. The standard InChI is InChI=1S/C22H24N4O6S/c1-3-17-23-14-5-4-12(10-13(14)20(29)25-17)11-26(2)18-8-7-16(33-18)21(30)24-15(22(31)32)6-9-19(27)28/h4-5,7-8,10,15H,3,6,9,11H2,1-2H3,(H,24,30)(H,27,28)(H,31,32)(H,23,25,29)/t15-/m0/s1. The van der Waals surface area contributed by atoms with Crippen molar-refractivity contribution in [3.8, 4) is 0 Å². The van der Waals surface area contributed by atoms with Gasteiger partial charge in [0.2, 0.25) is 0 Å². The minimum atomic E-state index is -1.29. The van der Waals surface area contributed by atoms with E-state index in [2.05, 4.69) is 15.3 Å². The summed E-state index contributed by atoms with van der Waals surface area (Å²) in [6.07, 6.45) is 0.0700. The Hall–Kier alpha value is -3.73. The molecule has 0 fully saturated rings. The van der Waals surface area contributed by atoms with E-state index in [9.17, 15) is 24.3 Å². The van der Waals surface area contributed by atoms with Gasteiger partial charge in [0.15, 0.2) is 0 Å². The number of anilines is 1. The average Bonchev–Trinajstić information content (AvgIpc) is 3.27. The number of thiophene rings is 1. The van der Waals surface area contributed by atoms with Crippen LogP contribution in [0.15, 0.2) is 35.1 Å². The van der Waals surface area contributed by atoms with Gasteiger partial charge in [-0.1, -0.05) is 13.0 Å². The highest BCUT2D eigenvalue weighted by Gasteiger charge is 2.22. The number of amides is 1. The molecule has 3 aromatic rings. The SMILES string of the molecule is CCc1nc2ccc(CN(C)c3ccc(C(=O)N[C@@H](CCC(=O)O)C(=O)O)s3)cc2c(=O)[nH]1. The van der Waals surface area contributed by atoms with E-state index in [1.165, 1.54) is 11.3 Å². The van der Waals surface area contributed by atoms with Crippen LogP contribution in [0, 0.1) is 0 Å². The predicted molar refractivity (Wildman–Crippen MR) is 124 cm³/mol. The molecule has 10 nitrogen and oxygen atoms in total. The number of hydrogen-bond donors (Lipinski definition) is 4. The molecule has 1 atom stereocenters. The molecule has 0 aliphatic rings. The first-order valence-electron chi connectivity index (χ1n) is 10.3. The zero-order valence-corrected chi connectivity index (χ0v) is 18.9. The summed E-state index contributed by atoms with van der Waals surface area (Å²) in [5, 5.41) is 21.6. The molecule has 174 valence electrons. The number of carboxylic acid groups (broad SMARTS) is 2. The molecule has 11 heteroatoms. The molecule has 2 heterocycles. The quantitative estimate of drug-likeness (QED) is 0.350. The fourth-order valence-corrected chi connectivity index (χ4v) is 4.13. The smallest absolute Gasteiger partial charge is 0.326 e. The van der Waals surface area contributed by atoms with Crippen molar-refractivity contribution in [1.82, 2.24) is 15.3 Å². The van der Waals surface area contributed by atoms with Crippen molar-refractivity contribution in [2.75, 3.05) is 11.9 Å².